The SMILES string of the molecule is Cc1cc(Oc2c(C)nn(C)c2C)ccc1CO. The monoisotopic (exact) mass is 246 g/mol. The van der Waals surface area contributed by atoms with Crippen molar-refractivity contribution < 1.29 is 9.84 Å². The molecule has 0 saturated carbocycles. The van der Waals surface area contributed by atoms with Gasteiger partial charge in [0.25, 0.3) is 0 Å². The Hall–Kier alpha value is -1.81. The van der Waals surface area contributed by atoms with E-state index in [1.54, 1.807) is 4.68 Å². The van der Waals surface area contributed by atoms with Crippen LogP contribution in [0.15, 0.2) is 18.2 Å². The molecule has 4 nitrogen and oxygen atoms in total. The van der Waals surface area contributed by atoms with Gasteiger partial charge in [0.05, 0.1) is 12.3 Å². The van der Waals surface area contributed by atoms with Crippen LogP contribution in [0.4, 0.5) is 0 Å². The van der Waals surface area contributed by atoms with E-state index in [4.69, 9.17) is 9.84 Å². The third-order valence-corrected chi connectivity index (χ3v) is 3.15. The third kappa shape index (κ3) is 2.24. The predicted molar refractivity (Wildman–Crippen MR) is 69.9 cm³/mol. The maximum atomic E-state index is 9.14. The van der Waals surface area contributed by atoms with Crippen molar-refractivity contribution in [3.8, 4) is 11.5 Å². The highest BCUT2D eigenvalue weighted by molar-refractivity contribution is 5.40. The second kappa shape index (κ2) is 4.82. The lowest BCUT2D eigenvalue weighted by Gasteiger charge is -2.09. The van der Waals surface area contributed by atoms with Gasteiger partial charge in [0.2, 0.25) is 0 Å². The average Bonchev–Trinajstić information content (AvgIpc) is 2.56. The van der Waals surface area contributed by atoms with E-state index in [1.807, 2.05) is 46.0 Å². The van der Waals surface area contributed by atoms with Crippen molar-refractivity contribution >= 4 is 0 Å². The molecule has 4 heteroatoms. The Morgan fingerprint density at radius 3 is 2.50 bits per heavy atom. The number of aliphatic hydroxyl groups excluding tert-OH is 1. The van der Waals surface area contributed by atoms with Crippen molar-refractivity contribution in [2.24, 2.45) is 7.05 Å². The van der Waals surface area contributed by atoms with Crippen molar-refractivity contribution in [3.63, 3.8) is 0 Å². The summed E-state index contributed by atoms with van der Waals surface area (Å²) >= 11 is 0. The lowest BCUT2D eigenvalue weighted by Crippen LogP contribution is -1.94. The third-order valence-electron chi connectivity index (χ3n) is 3.15. The zero-order valence-electron chi connectivity index (χ0n) is 11.2. The van der Waals surface area contributed by atoms with E-state index in [0.29, 0.717) is 0 Å². The van der Waals surface area contributed by atoms with Gasteiger partial charge in [0, 0.05) is 7.05 Å². The number of nitrogens with zero attached hydrogens (tertiary/aromatic N) is 2. The Balaban J connectivity index is 2.31. The molecule has 0 aliphatic carbocycles. The van der Waals surface area contributed by atoms with E-state index >= 15 is 0 Å². The van der Waals surface area contributed by atoms with Crippen LogP contribution in [0.25, 0.3) is 0 Å². The fraction of sp³-hybridized carbons (Fsp3) is 0.357. The molecule has 0 saturated heterocycles. The van der Waals surface area contributed by atoms with Crippen molar-refractivity contribution in [3.05, 3.63) is 40.7 Å². The van der Waals surface area contributed by atoms with E-state index < -0.39 is 0 Å². The normalized spacial score (nSPS) is 10.7. The number of ether oxygens (including phenoxy) is 1. The van der Waals surface area contributed by atoms with Gasteiger partial charge in [-0.3, -0.25) is 4.68 Å². The molecule has 0 aliphatic rings. The average molecular weight is 246 g/mol. The molecule has 0 fully saturated rings. The molecule has 0 spiro atoms. The van der Waals surface area contributed by atoms with Crippen molar-refractivity contribution in [2.45, 2.75) is 27.4 Å². The van der Waals surface area contributed by atoms with Crippen LogP contribution in [-0.4, -0.2) is 14.9 Å². The lowest BCUT2D eigenvalue weighted by molar-refractivity contribution is 0.281. The maximum Gasteiger partial charge on any atom is 0.171 e. The largest absolute Gasteiger partial charge is 0.453 e. The summed E-state index contributed by atoms with van der Waals surface area (Å²) in [5.41, 5.74) is 3.81. The maximum absolute atomic E-state index is 9.14. The second-order valence-electron chi connectivity index (χ2n) is 4.47. The van der Waals surface area contributed by atoms with Crippen molar-refractivity contribution in [1.82, 2.24) is 9.78 Å². The number of hydrogen-bond acceptors (Lipinski definition) is 3. The number of aryl methyl sites for hydroxylation is 3. The minimum absolute atomic E-state index is 0.0526. The first-order valence-corrected chi connectivity index (χ1v) is 5.91. The summed E-state index contributed by atoms with van der Waals surface area (Å²) in [6.45, 7) is 5.92. The molecule has 0 radical (unpaired) electrons. The molecule has 96 valence electrons. The molecule has 0 aliphatic heterocycles. The van der Waals surface area contributed by atoms with Crippen LogP contribution in [0.5, 0.6) is 11.5 Å². The Kier molecular flexibility index (Phi) is 3.39. The Morgan fingerprint density at radius 1 is 1.28 bits per heavy atom. The first-order valence-electron chi connectivity index (χ1n) is 5.91. The summed E-state index contributed by atoms with van der Waals surface area (Å²) in [4.78, 5) is 0. The van der Waals surface area contributed by atoms with Crippen LogP contribution in [0, 0.1) is 20.8 Å². The van der Waals surface area contributed by atoms with Crippen LogP contribution in [0.1, 0.15) is 22.5 Å². The molecule has 1 aromatic heterocycles. The Morgan fingerprint density at radius 2 is 2.00 bits per heavy atom. The number of hydrogen-bond donors (Lipinski definition) is 1. The van der Waals surface area contributed by atoms with E-state index in [0.717, 1.165) is 34.0 Å². The summed E-state index contributed by atoms with van der Waals surface area (Å²) in [7, 11) is 1.90. The molecular formula is C14H18N2O2. The minimum Gasteiger partial charge on any atom is -0.453 e. The van der Waals surface area contributed by atoms with Crippen LogP contribution in [-0.2, 0) is 13.7 Å². The summed E-state index contributed by atoms with van der Waals surface area (Å²) in [6, 6.07) is 5.67. The molecule has 1 N–H and O–H groups in total. The smallest absolute Gasteiger partial charge is 0.171 e. The summed E-state index contributed by atoms with van der Waals surface area (Å²) in [5, 5.41) is 13.5. The molecular weight excluding hydrogens is 228 g/mol. The molecule has 0 amide bonds. The molecule has 0 unspecified atom stereocenters. The van der Waals surface area contributed by atoms with Gasteiger partial charge in [-0.05, 0) is 44.0 Å². The zero-order valence-corrected chi connectivity index (χ0v) is 11.2. The first kappa shape index (κ1) is 12.6. The van der Waals surface area contributed by atoms with Gasteiger partial charge in [-0.2, -0.15) is 5.10 Å². The first-order chi connectivity index (χ1) is 8.52. The molecule has 18 heavy (non-hydrogen) atoms. The zero-order chi connectivity index (χ0) is 13.3. The standard InChI is InChI=1S/C14H18N2O2/c1-9-7-13(6-5-12(9)8-17)18-14-10(2)15-16(4)11(14)3/h5-7,17H,8H2,1-4H3. The molecule has 2 aromatic rings. The number of aliphatic hydroxyl groups is 1. The fourth-order valence-electron chi connectivity index (χ4n) is 1.93. The van der Waals surface area contributed by atoms with Crippen LogP contribution in [0.2, 0.25) is 0 Å². The topological polar surface area (TPSA) is 47.3 Å². The van der Waals surface area contributed by atoms with Crippen molar-refractivity contribution in [1.29, 1.82) is 0 Å². The molecule has 0 atom stereocenters. The second-order valence-corrected chi connectivity index (χ2v) is 4.47. The van der Waals surface area contributed by atoms with E-state index in [-0.39, 0.29) is 6.61 Å². The van der Waals surface area contributed by atoms with Gasteiger partial charge < -0.3 is 9.84 Å². The van der Waals surface area contributed by atoms with Gasteiger partial charge in [-0.15, -0.1) is 0 Å². The van der Waals surface area contributed by atoms with Crippen molar-refractivity contribution in [2.75, 3.05) is 0 Å². The molecule has 2 rings (SSSR count). The number of aromatic nitrogens is 2. The number of rotatable bonds is 3. The highest BCUT2D eigenvalue weighted by Crippen LogP contribution is 2.29. The van der Waals surface area contributed by atoms with Gasteiger partial charge >= 0.3 is 0 Å². The quantitative estimate of drug-likeness (QED) is 0.905. The fourth-order valence-corrected chi connectivity index (χ4v) is 1.93. The van der Waals surface area contributed by atoms with Gasteiger partial charge in [-0.1, -0.05) is 6.07 Å². The van der Waals surface area contributed by atoms with Gasteiger partial charge in [0.1, 0.15) is 11.4 Å². The molecule has 1 aromatic carbocycles. The predicted octanol–water partition coefficient (Wildman–Crippen LogP) is 2.63. The van der Waals surface area contributed by atoms with E-state index in [2.05, 4.69) is 5.10 Å². The Labute approximate surface area is 107 Å². The van der Waals surface area contributed by atoms with Gasteiger partial charge in [0.15, 0.2) is 5.75 Å². The summed E-state index contributed by atoms with van der Waals surface area (Å²) in [5.74, 6) is 1.57. The lowest BCUT2D eigenvalue weighted by atomic mass is 10.1. The Bertz CT molecular complexity index is 573. The summed E-state index contributed by atoms with van der Waals surface area (Å²) in [6.07, 6.45) is 0. The van der Waals surface area contributed by atoms with Gasteiger partial charge in [-0.25, -0.2) is 0 Å². The molecule has 0 bridgehead atoms. The summed E-state index contributed by atoms with van der Waals surface area (Å²) < 4.78 is 7.68. The van der Waals surface area contributed by atoms with E-state index in [1.165, 1.54) is 0 Å². The minimum atomic E-state index is 0.0526. The van der Waals surface area contributed by atoms with Crippen LogP contribution < -0.4 is 4.74 Å². The highest BCUT2D eigenvalue weighted by Gasteiger charge is 2.12. The highest BCUT2D eigenvalue weighted by atomic mass is 16.5. The van der Waals surface area contributed by atoms with Crippen LogP contribution >= 0.6 is 0 Å². The molecule has 1 heterocycles. The van der Waals surface area contributed by atoms with Crippen LogP contribution in [0.3, 0.4) is 0 Å². The van der Waals surface area contributed by atoms with E-state index in [9.17, 15) is 0 Å². The number of benzene rings is 1.